The largest absolute Gasteiger partial charge is 0.187 e. The maximum Gasteiger partial charge on any atom is 0.187 e. The lowest BCUT2D eigenvalue weighted by molar-refractivity contribution is 1.62. The normalized spacial score (nSPS) is 9.21. The van der Waals surface area contributed by atoms with Crippen molar-refractivity contribution in [2.24, 2.45) is 0 Å². The lowest BCUT2D eigenvalue weighted by Gasteiger charge is -2.02. The minimum Gasteiger partial charge on any atom is -0.0837 e. The number of benzene rings is 2. The summed E-state index contributed by atoms with van der Waals surface area (Å²) < 4.78 is 0. The Balaban J connectivity index is 0.000000980. The summed E-state index contributed by atoms with van der Waals surface area (Å²) in [7, 11) is 0. The van der Waals surface area contributed by atoms with Crippen molar-refractivity contribution in [1.82, 2.24) is 0 Å². The highest BCUT2D eigenvalue weighted by atomic mass is 35.5. The van der Waals surface area contributed by atoms with Crippen LogP contribution in [0.5, 0.6) is 0 Å². The zero-order valence-corrected chi connectivity index (χ0v) is 7.83. The lowest BCUT2D eigenvalue weighted by Crippen LogP contribution is -1.77. The fourth-order valence-corrected chi connectivity index (χ4v) is 1.56. The molecule has 2 heteroatoms. The van der Waals surface area contributed by atoms with E-state index in [-0.39, 0.29) is 17.4 Å². The fraction of sp³-hybridized carbons (Fsp3) is 0. The summed E-state index contributed by atoms with van der Waals surface area (Å²) in [6.45, 7) is 0. The third-order valence-electron chi connectivity index (χ3n) is 1.96. The van der Waals surface area contributed by atoms with E-state index in [0.717, 1.165) is 16.1 Å². The van der Waals surface area contributed by atoms with Gasteiger partial charge in [0.1, 0.15) is 0 Å². The van der Waals surface area contributed by atoms with Crippen molar-refractivity contribution < 1.29 is 0 Å². The van der Waals surface area contributed by atoms with Gasteiger partial charge in [0.15, 0.2) is 17.4 Å². The molecule has 0 aliphatic rings. The average molecular weight is 219 g/mol. The van der Waals surface area contributed by atoms with E-state index < -0.39 is 0 Å². The zero-order valence-electron chi connectivity index (χ0n) is 7.07. The van der Waals surface area contributed by atoms with Crippen molar-refractivity contribution in [3.63, 3.8) is 0 Å². The summed E-state index contributed by atoms with van der Waals surface area (Å²) >= 11 is 6.06. The molecule has 2 aromatic carbocycles. The molecule has 0 aliphatic heterocycles. The van der Waals surface area contributed by atoms with Gasteiger partial charge in [-0.05, 0) is 11.6 Å². The van der Waals surface area contributed by atoms with Gasteiger partial charge in [-0.2, -0.15) is 0 Å². The third kappa shape index (κ3) is 2.39. The highest BCUT2D eigenvalue weighted by molar-refractivity contribution is 6.33. The molecular weight excluding hydrogens is 207 g/mol. The van der Waals surface area contributed by atoms with Crippen molar-refractivity contribution >= 4 is 29.0 Å². The van der Waals surface area contributed by atoms with Crippen molar-refractivity contribution in [2.45, 2.75) is 0 Å². The summed E-state index contributed by atoms with van der Waals surface area (Å²) in [5.74, 6) is 0. The summed E-state index contributed by atoms with van der Waals surface area (Å²) in [5.41, 5.74) is 2.25. The molecule has 0 nitrogen and oxygen atoms in total. The number of hydrogen-bond acceptors (Lipinski definition) is 0. The highest BCUT2D eigenvalue weighted by Crippen LogP contribution is 2.26. The van der Waals surface area contributed by atoms with Gasteiger partial charge in [0.2, 0.25) is 0 Å². The molecule has 0 amide bonds. The van der Waals surface area contributed by atoms with Crippen LogP contribution >= 0.6 is 11.6 Å². The standard InChI is InChI=1S/C12H9Cl.Al.3H/c13-12-9-5-4-8-11(12)10-6-2-1-3-7-10;;;;/h1-9H;;;;. The second-order valence-electron chi connectivity index (χ2n) is 2.85. The Kier molecular flexibility index (Phi) is 4.23. The van der Waals surface area contributed by atoms with E-state index in [2.05, 4.69) is 12.1 Å². The maximum absolute atomic E-state index is 6.06. The Hall–Kier alpha value is -0.738. The van der Waals surface area contributed by atoms with Gasteiger partial charge in [-0.25, -0.2) is 0 Å². The Labute approximate surface area is 99.7 Å². The molecule has 0 saturated heterocycles. The molecule has 0 atom stereocenters. The summed E-state index contributed by atoms with van der Waals surface area (Å²) in [6, 6.07) is 18.0. The Morgan fingerprint density at radius 2 is 1.29 bits per heavy atom. The molecule has 0 aromatic heterocycles. The third-order valence-corrected chi connectivity index (χ3v) is 2.29. The van der Waals surface area contributed by atoms with Crippen molar-refractivity contribution in [3.8, 4) is 11.1 Å². The summed E-state index contributed by atoms with van der Waals surface area (Å²) in [6.07, 6.45) is 0. The van der Waals surface area contributed by atoms with Crippen LogP contribution in [0.25, 0.3) is 11.1 Å². The van der Waals surface area contributed by atoms with Gasteiger partial charge in [-0.3, -0.25) is 0 Å². The van der Waals surface area contributed by atoms with Gasteiger partial charge in [-0.15, -0.1) is 0 Å². The van der Waals surface area contributed by atoms with E-state index in [1.807, 2.05) is 42.5 Å². The van der Waals surface area contributed by atoms with Gasteiger partial charge in [0, 0.05) is 10.6 Å². The second kappa shape index (κ2) is 5.22. The fourth-order valence-electron chi connectivity index (χ4n) is 1.31. The molecule has 0 saturated carbocycles. The van der Waals surface area contributed by atoms with Crippen LogP contribution in [0.1, 0.15) is 0 Å². The monoisotopic (exact) mass is 218 g/mol. The highest BCUT2D eigenvalue weighted by Gasteiger charge is 1.99. The van der Waals surface area contributed by atoms with Crippen LogP contribution in [0.2, 0.25) is 5.02 Å². The molecule has 0 N–H and O–H groups in total. The first-order chi connectivity index (χ1) is 6.38. The topological polar surface area (TPSA) is 0 Å². The molecular formula is C12H12AlCl. The minimum atomic E-state index is 0. The van der Waals surface area contributed by atoms with E-state index >= 15 is 0 Å². The molecule has 0 fully saturated rings. The molecule has 0 bridgehead atoms. The van der Waals surface area contributed by atoms with Crippen LogP contribution in [-0.4, -0.2) is 17.4 Å². The Morgan fingerprint density at radius 1 is 0.714 bits per heavy atom. The van der Waals surface area contributed by atoms with Crippen LogP contribution in [0.3, 0.4) is 0 Å². The molecule has 0 unspecified atom stereocenters. The van der Waals surface area contributed by atoms with Crippen LogP contribution in [0.15, 0.2) is 54.6 Å². The number of halogens is 1. The Bertz CT molecular complexity index is 398. The summed E-state index contributed by atoms with van der Waals surface area (Å²) in [4.78, 5) is 0. The molecule has 14 heavy (non-hydrogen) atoms. The molecule has 0 aliphatic carbocycles. The average Bonchev–Trinajstić information content (AvgIpc) is 2.20. The van der Waals surface area contributed by atoms with Gasteiger partial charge >= 0.3 is 0 Å². The van der Waals surface area contributed by atoms with Gasteiger partial charge in [0.05, 0.1) is 0 Å². The molecule has 2 rings (SSSR count). The SMILES string of the molecule is Clc1ccccc1-c1ccccc1.[AlH3]. The maximum atomic E-state index is 6.06. The van der Waals surface area contributed by atoms with E-state index in [4.69, 9.17) is 11.6 Å². The minimum absolute atomic E-state index is 0. The molecule has 0 spiro atoms. The van der Waals surface area contributed by atoms with E-state index in [1.54, 1.807) is 0 Å². The predicted molar refractivity (Wildman–Crippen MR) is 66.8 cm³/mol. The van der Waals surface area contributed by atoms with Gasteiger partial charge in [0.25, 0.3) is 0 Å². The molecule has 2 aromatic rings. The van der Waals surface area contributed by atoms with Crippen molar-refractivity contribution in [1.29, 1.82) is 0 Å². The van der Waals surface area contributed by atoms with E-state index in [1.165, 1.54) is 0 Å². The zero-order chi connectivity index (χ0) is 9.10. The van der Waals surface area contributed by atoms with Crippen molar-refractivity contribution in [2.75, 3.05) is 0 Å². The van der Waals surface area contributed by atoms with Crippen LogP contribution < -0.4 is 0 Å². The van der Waals surface area contributed by atoms with Gasteiger partial charge < -0.3 is 0 Å². The van der Waals surface area contributed by atoms with E-state index in [9.17, 15) is 0 Å². The van der Waals surface area contributed by atoms with Crippen LogP contribution in [0, 0.1) is 0 Å². The number of rotatable bonds is 1. The van der Waals surface area contributed by atoms with Crippen LogP contribution in [0.4, 0.5) is 0 Å². The first-order valence-electron chi connectivity index (χ1n) is 4.18. The first-order valence-corrected chi connectivity index (χ1v) is 4.55. The smallest absolute Gasteiger partial charge is 0.0837 e. The lowest BCUT2D eigenvalue weighted by atomic mass is 10.1. The molecule has 0 heterocycles. The first kappa shape index (κ1) is 11.3. The predicted octanol–water partition coefficient (Wildman–Crippen LogP) is 2.82. The quantitative estimate of drug-likeness (QED) is 0.646. The van der Waals surface area contributed by atoms with Crippen LogP contribution in [-0.2, 0) is 0 Å². The molecule has 70 valence electrons. The Morgan fingerprint density at radius 3 is 1.93 bits per heavy atom. The van der Waals surface area contributed by atoms with Crippen molar-refractivity contribution in [3.05, 3.63) is 59.6 Å². The second-order valence-corrected chi connectivity index (χ2v) is 3.25. The number of hydrogen-bond donors (Lipinski definition) is 0. The van der Waals surface area contributed by atoms with E-state index in [0.29, 0.717) is 0 Å². The van der Waals surface area contributed by atoms with Gasteiger partial charge in [-0.1, -0.05) is 60.1 Å². The molecule has 0 radical (unpaired) electrons. The summed E-state index contributed by atoms with van der Waals surface area (Å²) in [5, 5.41) is 0.800.